The number of hydrogen-bond acceptors (Lipinski definition) is 8. The lowest BCUT2D eigenvalue weighted by molar-refractivity contribution is 0.0531. The first-order valence-corrected chi connectivity index (χ1v) is 12.1. The van der Waals surface area contributed by atoms with Crippen LogP contribution in [-0.4, -0.2) is 46.0 Å². The summed E-state index contributed by atoms with van der Waals surface area (Å²) in [4.78, 5) is 29.1. The predicted octanol–water partition coefficient (Wildman–Crippen LogP) is 3.71. The van der Waals surface area contributed by atoms with Crippen LogP contribution in [0.15, 0.2) is 53.4 Å². The van der Waals surface area contributed by atoms with Gasteiger partial charge in [-0.15, -0.1) is 0 Å². The smallest absolute Gasteiger partial charge is 0.350 e. The van der Waals surface area contributed by atoms with Crippen LogP contribution < -0.4 is 14.4 Å². The van der Waals surface area contributed by atoms with E-state index in [1.54, 1.807) is 38.1 Å². The summed E-state index contributed by atoms with van der Waals surface area (Å²) >= 11 is 0.991. The third kappa shape index (κ3) is 5.32. The molecule has 0 aliphatic heterocycles. The Kier molecular flexibility index (Phi) is 7.34. The van der Waals surface area contributed by atoms with E-state index < -0.39 is 21.9 Å². The number of sulfonamides is 1. The Morgan fingerprint density at radius 3 is 2.48 bits per heavy atom. The highest BCUT2D eigenvalue weighted by atomic mass is 32.2. The lowest BCUT2D eigenvalue weighted by atomic mass is 10.2. The first-order valence-electron chi connectivity index (χ1n) is 9.86. The second-order valence-electron chi connectivity index (χ2n) is 6.81. The number of aromatic nitrogens is 1. The molecule has 0 fully saturated rings. The first kappa shape index (κ1) is 24.2. The summed E-state index contributed by atoms with van der Waals surface area (Å²) in [5.74, 6) is -0.460. The van der Waals surface area contributed by atoms with Crippen LogP contribution in [0.5, 0.6) is 5.75 Å². The van der Waals surface area contributed by atoms with Gasteiger partial charge in [-0.1, -0.05) is 17.4 Å². The van der Waals surface area contributed by atoms with Gasteiger partial charge >= 0.3 is 5.97 Å². The first-order chi connectivity index (χ1) is 15.7. The zero-order valence-electron chi connectivity index (χ0n) is 18.5. The number of esters is 1. The zero-order chi connectivity index (χ0) is 24.2. The molecule has 0 radical (unpaired) electrons. The summed E-state index contributed by atoms with van der Waals surface area (Å²) in [5, 5.41) is 2.82. The number of aryl methyl sites for hydroxylation is 1. The minimum atomic E-state index is -3.92. The summed E-state index contributed by atoms with van der Waals surface area (Å²) in [6.07, 6.45) is 0. The van der Waals surface area contributed by atoms with Gasteiger partial charge in [0.25, 0.3) is 15.9 Å². The van der Waals surface area contributed by atoms with Crippen LogP contribution in [0.1, 0.15) is 32.6 Å². The van der Waals surface area contributed by atoms with Crippen molar-refractivity contribution in [2.75, 3.05) is 30.4 Å². The van der Waals surface area contributed by atoms with Crippen LogP contribution in [-0.2, 0) is 14.8 Å². The van der Waals surface area contributed by atoms with Gasteiger partial charge in [0, 0.05) is 12.6 Å². The third-order valence-electron chi connectivity index (χ3n) is 4.67. The highest BCUT2D eigenvalue weighted by Gasteiger charge is 2.23. The highest BCUT2D eigenvalue weighted by molar-refractivity contribution is 7.92. The van der Waals surface area contributed by atoms with Gasteiger partial charge in [-0.3, -0.25) is 14.4 Å². The monoisotopic (exact) mass is 489 g/mol. The molecule has 0 saturated heterocycles. The number of hydrogen-bond donors (Lipinski definition) is 1. The average Bonchev–Trinajstić information content (AvgIpc) is 3.18. The molecule has 9 nitrogen and oxygen atoms in total. The summed E-state index contributed by atoms with van der Waals surface area (Å²) in [6, 6.07) is 12.3. The van der Waals surface area contributed by atoms with Gasteiger partial charge in [0.05, 0.1) is 30.0 Å². The molecular formula is C22H23N3O6S2. The van der Waals surface area contributed by atoms with E-state index in [9.17, 15) is 18.0 Å². The van der Waals surface area contributed by atoms with Crippen LogP contribution in [0.2, 0.25) is 0 Å². The minimum Gasteiger partial charge on any atom is -0.497 e. The Balaban J connectivity index is 1.81. The summed E-state index contributed by atoms with van der Waals surface area (Å²) in [6.45, 7) is 3.56. The van der Waals surface area contributed by atoms with Crippen molar-refractivity contribution >= 4 is 44.1 Å². The molecule has 0 aliphatic rings. The number of carbonyl (C=O) groups excluding carboxylic acids is 2. The van der Waals surface area contributed by atoms with Crippen molar-refractivity contribution in [2.24, 2.45) is 0 Å². The van der Waals surface area contributed by atoms with E-state index in [0.29, 0.717) is 22.0 Å². The molecule has 0 unspecified atom stereocenters. The largest absolute Gasteiger partial charge is 0.497 e. The van der Waals surface area contributed by atoms with Crippen LogP contribution in [0, 0.1) is 6.92 Å². The molecular weight excluding hydrogens is 466 g/mol. The molecule has 1 heterocycles. The third-order valence-corrected chi connectivity index (χ3v) is 7.50. The molecule has 11 heteroatoms. The molecule has 0 bridgehead atoms. The molecule has 0 spiro atoms. The van der Waals surface area contributed by atoms with Gasteiger partial charge < -0.3 is 9.47 Å². The lowest BCUT2D eigenvalue weighted by Crippen LogP contribution is -2.26. The van der Waals surface area contributed by atoms with Crippen LogP contribution in [0.25, 0.3) is 0 Å². The van der Waals surface area contributed by atoms with Crippen molar-refractivity contribution in [3.63, 3.8) is 0 Å². The van der Waals surface area contributed by atoms with E-state index in [2.05, 4.69) is 10.3 Å². The van der Waals surface area contributed by atoms with E-state index in [4.69, 9.17) is 9.47 Å². The molecule has 1 aromatic heterocycles. The van der Waals surface area contributed by atoms with Gasteiger partial charge in [-0.2, -0.15) is 0 Å². The molecule has 33 heavy (non-hydrogen) atoms. The van der Waals surface area contributed by atoms with Crippen molar-refractivity contribution in [2.45, 2.75) is 18.7 Å². The molecule has 3 rings (SSSR count). The van der Waals surface area contributed by atoms with E-state index in [1.165, 1.54) is 38.4 Å². The number of anilines is 2. The van der Waals surface area contributed by atoms with E-state index >= 15 is 0 Å². The molecule has 3 aromatic rings. The number of methoxy groups -OCH3 is 1. The van der Waals surface area contributed by atoms with E-state index in [0.717, 1.165) is 15.6 Å². The molecule has 1 amide bonds. The maximum Gasteiger partial charge on any atom is 0.350 e. The summed E-state index contributed by atoms with van der Waals surface area (Å²) < 4.78 is 37.4. The Morgan fingerprint density at radius 1 is 1.15 bits per heavy atom. The zero-order valence-corrected chi connectivity index (χ0v) is 20.1. The van der Waals surface area contributed by atoms with Gasteiger partial charge in [0.2, 0.25) is 0 Å². The second kappa shape index (κ2) is 10.0. The van der Waals surface area contributed by atoms with Crippen LogP contribution in [0.4, 0.5) is 10.8 Å². The molecule has 0 saturated carbocycles. The number of ether oxygens (including phenoxy) is 2. The normalized spacial score (nSPS) is 11.0. The summed E-state index contributed by atoms with van der Waals surface area (Å²) in [5.41, 5.74) is 1.01. The van der Waals surface area contributed by atoms with Crippen molar-refractivity contribution < 1.29 is 27.5 Å². The molecule has 0 atom stereocenters. The predicted molar refractivity (Wildman–Crippen MR) is 126 cm³/mol. The van der Waals surface area contributed by atoms with Gasteiger partial charge in [-0.05, 0) is 56.3 Å². The topological polar surface area (TPSA) is 115 Å². The minimum absolute atomic E-state index is 0.0454. The van der Waals surface area contributed by atoms with Crippen molar-refractivity contribution in [3.8, 4) is 5.75 Å². The standard InChI is InChI=1S/C22H23N3O6S2/c1-5-31-21(27)19-14(2)23-22(32-19)24-20(26)15-7-6-8-18(13-15)33(28,29)25(3)16-9-11-17(30-4)12-10-16/h6-13H,5H2,1-4H3,(H,23,24,26). The van der Waals surface area contributed by atoms with Gasteiger partial charge in [-0.25, -0.2) is 18.2 Å². The molecule has 2 aromatic carbocycles. The Hall–Kier alpha value is -3.44. The number of amides is 1. The van der Waals surface area contributed by atoms with Crippen LogP contribution >= 0.6 is 11.3 Å². The molecule has 1 N–H and O–H groups in total. The number of nitrogens with zero attached hydrogens (tertiary/aromatic N) is 2. The van der Waals surface area contributed by atoms with Crippen molar-refractivity contribution in [1.29, 1.82) is 0 Å². The second-order valence-corrected chi connectivity index (χ2v) is 9.77. The Morgan fingerprint density at radius 2 is 1.85 bits per heavy atom. The molecule has 0 aliphatic carbocycles. The number of nitrogens with one attached hydrogen (secondary N) is 1. The fourth-order valence-electron chi connectivity index (χ4n) is 2.89. The van der Waals surface area contributed by atoms with Gasteiger partial charge in [0.1, 0.15) is 10.6 Å². The average molecular weight is 490 g/mol. The number of thiazole rings is 1. The van der Waals surface area contributed by atoms with Crippen molar-refractivity contribution in [3.05, 3.63) is 64.7 Å². The number of benzene rings is 2. The maximum atomic E-state index is 13.1. The van der Waals surface area contributed by atoms with Crippen LogP contribution in [0.3, 0.4) is 0 Å². The van der Waals surface area contributed by atoms with E-state index in [-0.39, 0.29) is 22.2 Å². The fourth-order valence-corrected chi connectivity index (χ4v) is 4.99. The quantitative estimate of drug-likeness (QED) is 0.480. The number of carbonyl (C=O) groups is 2. The highest BCUT2D eigenvalue weighted by Crippen LogP contribution is 2.26. The van der Waals surface area contributed by atoms with Gasteiger partial charge in [0.15, 0.2) is 5.13 Å². The Bertz CT molecular complexity index is 1270. The maximum absolute atomic E-state index is 13.1. The van der Waals surface area contributed by atoms with Crippen molar-refractivity contribution in [1.82, 2.24) is 4.98 Å². The fraction of sp³-hybridized carbons (Fsp3) is 0.227. The Labute approximate surface area is 196 Å². The number of rotatable bonds is 8. The summed E-state index contributed by atoms with van der Waals surface area (Å²) in [7, 11) is -0.968. The lowest BCUT2D eigenvalue weighted by Gasteiger charge is -2.20. The van der Waals surface area contributed by atoms with E-state index in [1.807, 2.05) is 0 Å². The SMILES string of the molecule is CCOC(=O)c1sc(NC(=O)c2cccc(S(=O)(=O)N(C)c3ccc(OC)cc3)c2)nc1C. The molecule has 174 valence electrons.